The predicted molar refractivity (Wildman–Crippen MR) is 66.8 cm³/mol. The monoisotopic (exact) mass is 248 g/mol. The van der Waals surface area contributed by atoms with Gasteiger partial charge in [0.1, 0.15) is 5.82 Å². The summed E-state index contributed by atoms with van der Waals surface area (Å²) < 4.78 is 10.5. The van der Waals surface area contributed by atoms with Crippen molar-refractivity contribution in [3.05, 3.63) is 18.0 Å². The van der Waals surface area contributed by atoms with Gasteiger partial charge in [-0.3, -0.25) is 0 Å². The summed E-state index contributed by atoms with van der Waals surface area (Å²) in [6.45, 7) is 2.42. The third-order valence-corrected chi connectivity index (χ3v) is 3.02. The maximum absolute atomic E-state index is 5.43. The van der Waals surface area contributed by atoms with Crippen molar-refractivity contribution >= 4 is 11.2 Å². The van der Waals surface area contributed by atoms with Gasteiger partial charge in [0.05, 0.1) is 25.8 Å². The van der Waals surface area contributed by atoms with Gasteiger partial charge in [0, 0.05) is 25.1 Å². The van der Waals surface area contributed by atoms with Gasteiger partial charge in [0.15, 0.2) is 5.65 Å². The fourth-order valence-electron chi connectivity index (χ4n) is 2.12. The summed E-state index contributed by atoms with van der Waals surface area (Å²) in [5.74, 6) is 1.51. The third kappa shape index (κ3) is 2.30. The number of aromatic amines is 1. The van der Waals surface area contributed by atoms with Crippen molar-refractivity contribution in [2.24, 2.45) is 0 Å². The number of ether oxygens (including phenoxy) is 2. The molecule has 2 aromatic heterocycles. The standard InChI is InChI=1S/C12H16N4O2/c1-17-11-3-2-9-12(16-11)15-10(14-9)6-8-7-18-5-4-13-8/h2-3,8,13H,4-7H2,1H3,(H,14,15,16). The minimum Gasteiger partial charge on any atom is -0.481 e. The molecule has 1 unspecified atom stereocenters. The largest absolute Gasteiger partial charge is 0.481 e. The Morgan fingerprint density at radius 3 is 3.17 bits per heavy atom. The molecule has 1 aliphatic heterocycles. The molecule has 1 atom stereocenters. The molecule has 1 fully saturated rings. The molecule has 0 bridgehead atoms. The van der Waals surface area contributed by atoms with Crippen LogP contribution in [-0.4, -0.2) is 47.9 Å². The second-order valence-corrected chi connectivity index (χ2v) is 4.34. The number of methoxy groups -OCH3 is 1. The Morgan fingerprint density at radius 2 is 2.39 bits per heavy atom. The fraction of sp³-hybridized carbons (Fsp3) is 0.500. The molecular weight excluding hydrogens is 232 g/mol. The highest BCUT2D eigenvalue weighted by atomic mass is 16.5. The van der Waals surface area contributed by atoms with Crippen molar-refractivity contribution in [3.8, 4) is 5.88 Å². The van der Waals surface area contributed by atoms with Crippen molar-refractivity contribution in [2.75, 3.05) is 26.9 Å². The number of rotatable bonds is 3. The van der Waals surface area contributed by atoms with Crippen LogP contribution in [0.2, 0.25) is 0 Å². The molecule has 18 heavy (non-hydrogen) atoms. The maximum Gasteiger partial charge on any atom is 0.215 e. The Labute approximate surface area is 105 Å². The van der Waals surface area contributed by atoms with Gasteiger partial charge in [-0.15, -0.1) is 0 Å². The molecule has 0 saturated carbocycles. The number of hydrogen-bond acceptors (Lipinski definition) is 5. The number of morpholine rings is 1. The molecule has 0 aromatic carbocycles. The van der Waals surface area contributed by atoms with Crippen LogP contribution in [0.5, 0.6) is 5.88 Å². The molecule has 6 nitrogen and oxygen atoms in total. The number of fused-ring (bicyclic) bond motifs is 1. The summed E-state index contributed by atoms with van der Waals surface area (Å²) in [6, 6.07) is 4.08. The van der Waals surface area contributed by atoms with Crippen LogP contribution in [0.4, 0.5) is 0 Å². The summed E-state index contributed by atoms with van der Waals surface area (Å²) >= 11 is 0. The average molecular weight is 248 g/mol. The van der Waals surface area contributed by atoms with Crippen molar-refractivity contribution in [1.29, 1.82) is 0 Å². The zero-order chi connectivity index (χ0) is 12.4. The zero-order valence-corrected chi connectivity index (χ0v) is 10.3. The van der Waals surface area contributed by atoms with E-state index >= 15 is 0 Å². The van der Waals surface area contributed by atoms with Gasteiger partial charge >= 0.3 is 0 Å². The molecule has 0 aliphatic carbocycles. The quantitative estimate of drug-likeness (QED) is 0.827. The van der Waals surface area contributed by atoms with Crippen LogP contribution in [-0.2, 0) is 11.2 Å². The third-order valence-electron chi connectivity index (χ3n) is 3.02. The van der Waals surface area contributed by atoms with Crippen molar-refractivity contribution in [2.45, 2.75) is 12.5 Å². The Kier molecular flexibility index (Phi) is 3.12. The SMILES string of the molecule is COc1ccc2[nH]c(CC3COCCN3)nc2n1. The number of nitrogens with zero attached hydrogens (tertiary/aromatic N) is 2. The number of imidazole rings is 1. The molecule has 0 radical (unpaired) electrons. The number of nitrogens with one attached hydrogen (secondary N) is 2. The number of pyridine rings is 1. The summed E-state index contributed by atoms with van der Waals surface area (Å²) in [7, 11) is 1.60. The average Bonchev–Trinajstić information content (AvgIpc) is 2.80. The molecule has 96 valence electrons. The normalized spacial score (nSPS) is 20.2. The Balaban J connectivity index is 1.79. The van der Waals surface area contributed by atoms with E-state index in [2.05, 4.69) is 20.3 Å². The minimum absolute atomic E-state index is 0.321. The number of aromatic nitrogens is 3. The lowest BCUT2D eigenvalue weighted by Crippen LogP contribution is -2.42. The van der Waals surface area contributed by atoms with Gasteiger partial charge in [-0.2, -0.15) is 4.98 Å². The molecule has 1 saturated heterocycles. The first-order valence-electron chi connectivity index (χ1n) is 6.06. The summed E-state index contributed by atoms with van der Waals surface area (Å²) in [4.78, 5) is 12.0. The molecule has 3 rings (SSSR count). The van der Waals surface area contributed by atoms with Gasteiger partial charge in [-0.1, -0.05) is 0 Å². The van der Waals surface area contributed by atoms with E-state index in [-0.39, 0.29) is 0 Å². The van der Waals surface area contributed by atoms with E-state index in [1.165, 1.54) is 0 Å². The van der Waals surface area contributed by atoms with E-state index in [0.717, 1.165) is 37.5 Å². The second-order valence-electron chi connectivity index (χ2n) is 4.34. The predicted octanol–water partition coefficient (Wildman–Crippen LogP) is 0.497. The number of H-pyrrole nitrogens is 1. The molecule has 6 heteroatoms. The Hall–Kier alpha value is -1.66. The molecule has 0 spiro atoms. The van der Waals surface area contributed by atoms with Crippen LogP contribution in [0, 0.1) is 0 Å². The lowest BCUT2D eigenvalue weighted by Gasteiger charge is -2.22. The minimum atomic E-state index is 0.321. The van der Waals surface area contributed by atoms with Crippen LogP contribution < -0.4 is 10.1 Å². The molecule has 2 N–H and O–H groups in total. The van der Waals surface area contributed by atoms with E-state index in [0.29, 0.717) is 17.6 Å². The highest BCUT2D eigenvalue weighted by molar-refractivity contribution is 5.71. The van der Waals surface area contributed by atoms with E-state index < -0.39 is 0 Å². The van der Waals surface area contributed by atoms with Gasteiger partial charge in [-0.25, -0.2) is 4.98 Å². The maximum atomic E-state index is 5.43. The Morgan fingerprint density at radius 1 is 1.44 bits per heavy atom. The van der Waals surface area contributed by atoms with Crippen molar-refractivity contribution < 1.29 is 9.47 Å². The number of hydrogen-bond donors (Lipinski definition) is 2. The molecule has 0 amide bonds. The van der Waals surface area contributed by atoms with Gasteiger partial charge in [0.25, 0.3) is 0 Å². The van der Waals surface area contributed by atoms with Gasteiger partial charge in [0.2, 0.25) is 5.88 Å². The summed E-state index contributed by atoms with van der Waals surface area (Å²) in [5.41, 5.74) is 1.63. The highest BCUT2D eigenvalue weighted by Gasteiger charge is 2.15. The first-order valence-corrected chi connectivity index (χ1v) is 6.06. The van der Waals surface area contributed by atoms with Crippen molar-refractivity contribution in [1.82, 2.24) is 20.3 Å². The topological polar surface area (TPSA) is 72.1 Å². The van der Waals surface area contributed by atoms with E-state index in [1.807, 2.05) is 12.1 Å². The highest BCUT2D eigenvalue weighted by Crippen LogP contribution is 2.15. The van der Waals surface area contributed by atoms with Crippen LogP contribution in [0.1, 0.15) is 5.82 Å². The van der Waals surface area contributed by atoms with Gasteiger partial charge in [-0.05, 0) is 6.07 Å². The lowest BCUT2D eigenvalue weighted by molar-refractivity contribution is 0.0765. The fourth-order valence-corrected chi connectivity index (χ4v) is 2.12. The molecule has 1 aliphatic rings. The summed E-state index contributed by atoms with van der Waals surface area (Å²) in [6.07, 6.45) is 0.818. The van der Waals surface area contributed by atoms with Crippen LogP contribution in [0.15, 0.2) is 12.1 Å². The van der Waals surface area contributed by atoms with Gasteiger partial charge < -0.3 is 19.8 Å². The first kappa shape index (κ1) is 11.4. The van der Waals surface area contributed by atoms with Crippen molar-refractivity contribution in [3.63, 3.8) is 0 Å². The molecular formula is C12H16N4O2. The van der Waals surface area contributed by atoms with Crippen LogP contribution in [0.25, 0.3) is 11.2 Å². The van der Waals surface area contributed by atoms with E-state index in [1.54, 1.807) is 7.11 Å². The lowest BCUT2D eigenvalue weighted by atomic mass is 10.2. The van der Waals surface area contributed by atoms with Crippen LogP contribution >= 0.6 is 0 Å². The smallest absolute Gasteiger partial charge is 0.215 e. The first-order chi connectivity index (χ1) is 8.85. The van der Waals surface area contributed by atoms with E-state index in [4.69, 9.17) is 9.47 Å². The molecule has 3 heterocycles. The Bertz CT molecular complexity index is 534. The second kappa shape index (κ2) is 4.91. The molecule has 2 aromatic rings. The van der Waals surface area contributed by atoms with Crippen LogP contribution in [0.3, 0.4) is 0 Å². The zero-order valence-electron chi connectivity index (χ0n) is 10.3. The summed E-state index contributed by atoms with van der Waals surface area (Å²) in [5, 5.41) is 3.40. The van der Waals surface area contributed by atoms with E-state index in [9.17, 15) is 0 Å².